The number of hydrogen-bond acceptors (Lipinski definition) is 4. The van der Waals surface area contributed by atoms with Crippen LogP contribution in [0.5, 0.6) is 0 Å². The average molecular weight is 513 g/mol. The molecule has 0 unspecified atom stereocenters. The number of fused-ring (bicyclic) bond motifs is 5. The van der Waals surface area contributed by atoms with Gasteiger partial charge in [0, 0.05) is 0 Å². The van der Waals surface area contributed by atoms with Gasteiger partial charge in [0.15, 0.2) is 24.0 Å². The first kappa shape index (κ1) is 21.5. The molecule has 8 aromatic rings. The normalized spacial score (nSPS) is 12.0. The van der Waals surface area contributed by atoms with Crippen molar-refractivity contribution >= 4 is 33.0 Å². The van der Waals surface area contributed by atoms with E-state index in [0.29, 0.717) is 0 Å². The summed E-state index contributed by atoms with van der Waals surface area (Å²) in [5, 5.41) is 2.57. The van der Waals surface area contributed by atoms with Gasteiger partial charge in [-0.05, 0) is 109 Å². The highest BCUT2D eigenvalue weighted by Gasteiger charge is 2.22. The quantitative estimate of drug-likeness (QED) is 0.236. The third kappa shape index (κ3) is 3.07. The van der Waals surface area contributed by atoms with Crippen molar-refractivity contribution in [3.63, 3.8) is 0 Å². The molecule has 1 aliphatic rings. The SMILES string of the molecule is c1ccc2c(c1)-c1cccc3c(-c4cc(-c5ccc6ncoc6c5)cc(-c5ccc6ncoc6c5)c4)ccc-2c13. The molecule has 1 aliphatic carbocycles. The summed E-state index contributed by atoms with van der Waals surface area (Å²) in [5.74, 6) is 0. The minimum absolute atomic E-state index is 0.774. The predicted molar refractivity (Wildman–Crippen MR) is 160 cm³/mol. The van der Waals surface area contributed by atoms with E-state index in [-0.39, 0.29) is 0 Å². The Morgan fingerprint density at radius 2 is 0.950 bits per heavy atom. The molecule has 0 N–H and O–H groups in total. The summed E-state index contributed by atoms with van der Waals surface area (Å²) in [6.07, 6.45) is 2.99. The second kappa shape index (κ2) is 8.01. The van der Waals surface area contributed by atoms with E-state index in [9.17, 15) is 0 Å². The number of hydrogen-bond donors (Lipinski definition) is 0. The smallest absolute Gasteiger partial charge is 0.181 e. The van der Waals surface area contributed by atoms with Gasteiger partial charge in [-0.2, -0.15) is 0 Å². The summed E-state index contributed by atoms with van der Waals surface area (Å²) in [7, 11) is 0. The average Bonchev–Trinajstić information content (AvgIpc) is 3.75. The molecule has 0 fully saturated rings. The summed E-state index contributed by atoms with van der Waals surface area (Å²) in [6, 6.07) is 39.1. The van der Waals surface area contributed by atoms with Crippen molar-refractivity contribution in [1.29, 1.82) is 0 Å². The molecule has 4 nitrogen and oxygen atoms in total. The molecule has 9 rings (SSSR count). The van der Waals surface area contributed by atoms with Crippen LogP contribution in [-0.4, -0.2) is 9.97 Å². The molecule has 0 radical (unpaired) electrons. The van der Waals surface area contributed by atoms with Gasteiger partial charge < -0.3 is 8.83 Å². The Bertz CT molecular complexity index is 2170. The zero-order valence-electron chi connectivity index (χ0n) is 21.3. The van der Waals surface area contributed by atoms with Crippen molar-refractivity contribution in [2.45, 2.75) is 0 Å². The lowest BCUT2D eigenvalue weighted by molar-refractivity contribution is 0.602. The molecule has 0 amide bonds. The van der Waals surface area contributed by atoms with Crippen LogP contribution in [0.25, 0.3) is 88.6 Å². The lowest BCUT2D eigenvalue weighted by atomic mass is 9.90. The van der Waals surface area contributed by atoms with Gasteiger partial charge >= 0.3 is 0 Å². The minimum Gasteiger partial charge on any atom is -0.443 e. The zero-order chi connectivity index (χ0) is 26.2. The first-order chi connectivity index (χ1) is 19.8. The van der Waals surface area contributed by atoms with E-state index in [1.807, 2.05) is 12.1 Å². The topological polar surface area (TPSA) is 52.1 Å². The standard InChI is InChI=1S/C36H20N2O2/c1-2-5-28-27(4-1)30-7-3-6-29-26(10-11-31(28)36(29)30)25-15-23(21-8-12-32-34(17-21)39-19-37-32)14-24(16-25)22-9-13-33-35(18-22)40-20-38-33/h1-20H. The van der Waals surface area contributed by atoms with Crippen LogP contribution >= 0.6 is 0 Å². The highest BCUT2D eigenvalue weighted by molar-refractivity contribution is 6.18. The third-order valence-corrected chi connectivity index (χ3v) is 8.12. The molecule has 0 saturated heterocycles. The van der Waals surface area contributed by atoms with Crippen molar-refractivity contribution in [2.75, 3.05) is 0 Å². The second-order valence-corrected chi connectivity index (χ2v) is 10.3. The summed E-state index contributed by atoms with van der Waals surface area (Å²) in [5.41, 5.74) is 15.2. The largest absolute Gasteiger partial charge is 0.443 e. The molecule has 4 heteroatoms. The van der Waals surface area contributed by atoms with E-state index in [2.05, 4.69) is 107 Å². The van der Waals surface area contributed by atoms with E-state index in [1.165, 1.54) is 51.4 Å². The number of benzene rings is 6. The number of aromatic nitrogens is 2. The highest BCUT2D eigenvalue weighted by atomic mass is 16.3. The monoisotopic (exact) mass is 512 g/mol. The van der Waals surface area contributed by atoms with Crippen LogP contribution in [0.3, 0.4) is 0 Å². The van der Waals surface area contributed by atoms with E-state index in [0.717, 1.165) is 50.0 Å². The Labute approximate surface area is 229 Å². The fraction of sp³-hybridized carbons (Fsp3) is 0. The molecule has 0 atom stereocenters. The van der Waals surface area contributed by atoms with Gasteiger partial charge in [-0.1, -0.05) is 66.7 Å². The Hall–Kier alpha value is -5.48. The Balaban J connectivity index is 1.30. The maximum atomic E-state index is 5.64. The van der Waals surface area contributed by atoms with Gasteiger partial charge in [-0.3, -0.25) is 0 Å². The third-order valence-electron chi connectivity index (χ3n) is 8.12. The molecule has 0 saturated carbocycles. The van der Waals surface area contributed by atoms with Crippen molar-refractivity contribution in [3.8, 4) is 55.6 Å². The van der Waals surface area contributed by atoms with Gasteiger partial charge in [-0.15, -0.1) is 0 Å². The van der Waals surface area contributed by atoms with Crippen LogP contribution in [0.1, 0.15) is 0 Å². The number of nitrogens with zero attached hydrogens (tertiary/aromatic N) is 2. The lowest BCUT2D eigenvalue weighted by Crippen LogP contribution is -1.88. The maximum Gasteiger partial charge on any atom is 0.181 e. The van der Waals surface area contributed by atoms with Crippen molar-refractivity contribution in [3.05, 3.63) is 122 Å². The molecule has 0 spiro atoms. The van der Waals surface area contributed by atoms with Crippen LogP contribution in [0, 0.1) is 0 Å². The van der Waals surface area contributed by atoms with E-state index in [4.69, 9.17) is 8.83 Å². The van der Waals surface area contributed by atoms with Crippen LogP contribution in [-0.2, 0) is 0 Å². The van der Waals surface area contributed by atoms with E-state index < -0.39 is 0 Å². The molecule has 6 aromatic carbocycles. The summed E-state index contributed by atoms with van der Waals surface area (Å²) < 4.78 is 11.3. The molecular weight excluding hydrogens is 492 g/mol. The molecule has 40 heavy (non-hydrogen) atoms. The van der Waals surface area contributed by atoms with Gasteiger partial charge in [0.1, 0.15) is 11.0 Å². The Kier molecular flexibility index (Phi) is 4.30. The van der Waals surface area contributed by atoms with Crippen LogP contribution in [0.4, 0.5) is 0 Å². The van der Waals surface area contributed by atoms with Gasteiger partial charge in [0.2, 0.25) is 0 Å². The molecule has 0 aliphatic heterocycles. The number of oxazole rings is 2. The highest BCUT2D eigenvalue weighted by Crippen LogP contribution is 2.49. The van der Waals surface area contributed by atoms with Gasteiger partial charge in [0.05, 0.1) is 0 Å². The van der Waals surface area contributed by atoms with Gasteiger partial charge in [-0.25, -0.2) is 9.97 Å². The molecule has 186 valence electrons. The fourth-order valence-corrected chi connectivity index (χ4v) is 6.25. The number of rotatable bonds is 3. The fourth-order valence-electron chi connectivity index (χ4n) is 6.25. The maximum absolute atomic E-state index is 5.64. The Morgan fingerprint density at radius 3 is 1.60 bits per heavy atom. The summed E-state index contributed by atoms with van der Waals surface area (Å²) in [6.45, 7) is 0. The van der Waals surface area contributed by atoms with Crippen molar-refractivity contribution in [1.82, 2.24) is 9.97 Å². The van der Waals surface area contributed by atoms with Crippen LogP contribution in [0.2, 0.25) is 0 Å². The summed E-state index contributed by atoms with van der Waals surface area (Å²) in [4.78, 5) is 8.60. The van der Waals surface area contributed by atoms with Crippen molar-refractivity contribution in [2.24, 2.45) is 0 Å². The Morgan fingerprint density at radius 1 is 0.400 bits per heavy atom. The molecular formula is C36H20N2O2. The summed E-state index contributed by atoms with van der Waals surface area (Å²) >= 11 is 0. The first-order valence-corrected chi connectivity index (χ1v) is 13.3. The second-order valence-electron chi connectivity index (χ2n) is 10.3. The lowest BCUT2D eigenvalue weighted by Gasteiger charge is -2.14. The first-order valence-electron chi connectivity index (χ1n) is 13.3. The minimum atomic E-state index is 0.774. The molecule has 0 bridgehead atoms. The molecule has 2 heterocycles. The van der Waals surface area contributed by atoms with Gasteiger partial charge in [0.25, 0.3) is 0 Å². The van der Waals surface area contributed by atoms with Crippen LogP contribution < -0.4 is 0 Å². The van der Waals surface area contributed by atoms with Crippen molar-refractivity contribution < 1.29 is 8.83 Å². The zero-order valence-corrected chi connectivity index (χ0v) is 21.3. The van der Waals surface area contributed by atoms with E-state index >= 15 is 0 Å². The predicted octanol–water partition coefficient (Wildman–Crippen LogP) is 9.77. The molecule has 2 aromatic heterocycles. The van der Waals surface area contributed by atoms with Crippen LogP contribution in [0.15, 0.2) is 131 Å². The van der Waals surface area contributed by atoms with E-state index in [1.54, 1.807) is 0 Å².